The summed E-state index contributed by atoms with van der Waals surface area (Å²) in [6.45, 7) is 5.75. The zero-order chi connectivity index (χ0) is 25.5. The summed E-state index contributed by atoms with van der Waals surface area (Å²) in [6, 6.07) is 16.3. The summed E-state index contributed by atoms with van der Waals surface area (Å²) in [5.74, 6) is 0.244. The molecular weight excluding hydrogens is 553 g/mol. The highest BCUT2D eigenvalue weighted by Gasteiger charge is 2.14. The predicted octanol–water partition coefficient (Wildman–Crippen LogP) is 8.39. The van der Waals surface area contributed by atoms with Gasteiger partial charge in [0.15, 0.2) is 5.75 Å². The van der Waals surface area contributed by atoms with E-state index in [2.05, 4.69) is 21.2 Å². The molecule has 8 heteroatoms. The summed E-state index contributed by atoms with van der Waals surface area (Å²) in [5.41, 5.74) is 3.23. The Morgan fingerprint density at radius 2 is 1.66 bits per heavy atom. The Kier molecular flexibility index (Phi) is 9.38. The van der Waals surface area contributed by atoms with Gasteiger partial charge < -0.3 is 14.8 Å². The summed E-state index contributed by atoms with van der Waals surface area (Å²) in [7, 11) is 0. The molecule has 35 heavy (non-hydrogen) atoms. The van der Waals surface area contributed by atoms with Crippen molar-refractivity contribution in [2.45, 2.75) is 20.8 Å². The molecule has 3 aromatic rings. The number of hydrogen-bond acceptors (Lipinski definition) is 4. The van der Waals surface area contributed by atoms with Crippen LogP contribution in [0.1, 0.15) is 26.3 Å². The average molecular weight is 577 g/mol. The second-order valence-corrected chi connectivity index (χ2v) is 9.53. The molecule has 0 atom stereocenters. The Labute approximate surface area is 223 Å². The van der Waals surface area contributed by atoms with E-state index in [4.69, 9.17) is 32.7 Å². The molecule has 0 aliphatic carbocycles. The Morgan fingerprint density at radius 3 is 2.23 bits per heavy atom. The van der Waals surface area contributed by atoms with Crippen molar-refractivity contribution in [3.63, 3.8) is 0 Å². The third-order valence-corrected chi connectivity index (χ3v) is 6.10. The lowest BCUT2D eigenvalue weighted by Gasteiger charge is -2.14. The van der Waals surface area contributed by atoms with E-state index in [0.29, 0.717) is 38.3 Å². The van der Waals surface area contributed by atoms with E-state index in [1.165, 1.54) is 6.08 Å². The van der Waals surface area contributed by atoms with Crippen molar-refractivity contribution in [2.24, 2.45) is 5.92 Å². The van der Waals surface area contributed by atoms with Crippen LogP contribution in [0.2, 0.25) is 10.0 Å². The third kappa shape index (κ3) is 7.34. The Hall–Kier alpha value is -2.80. The van der Waals surface area contributed by atoms with E-state index in [0.717, 1.165) is 16.7 Å². The van der Waals surface area contributed by atoms with Crippen LogP contribution in [-0.2, 0) is 14.3 Å². The fraction of sp³-hybridized carbons (Fsp3) is 0.185. The first-order valence-electron chi connectivity index (χ1n) is 10.9. The number of carbonyl (C=O) groups is 2. The van der Waals surface area contributed by atoms with Crippen LogP contribution in [0, 0.1) is 5.92 Å². The maximum atomic E-state index is 12.0. The number of nitrogens with one attached hydrogen (secondary N) is 1. The van der Waals surface area contributed by atoms with Gasteiger partial charge in [-0.1, -0.05) is 61.3 Å². The number of benzene rings is 3. The lowest BCUT2D eigenvalue weighted by Crippen LogP contribution is -2.17. The molecule has 0 spiro atoms. The number of carbonyl (C=O) groups excluding carboxylic acids is 2. The van der Waals surface area contributed by atoms with Crippen molar-refractivity contribution in [1.82, 2.24) is 0 Å². The first-order chi connectivity index (χ1) is 16.7. The number of esters is 1. The lowest BCUT2D eigenvalue weighted by molar-refractivity contribution is -0.137. The summed E-state index contributed by atoms with van der Waals surface area (Å²) in [4.78, 5) is 23.4. The molecule has 0 bridgehead atoms. The van der Waals surface area contributed by atoms with Crippen LogP contribution < -0.4 is 10.1 Å². The average Bonchev–Trinajstić information content (AvgIpc) is 2.82. The molecule has 3 aromatic carbocycles. The highest BCUT2D eigenvalue weighted by atomic mass is 79.9. The molecule has 0 unspecified atom stereocenters. The topological polar surface area (TPSA) is 64.6 Å². The molecule has 0 aromatic heterocycles. The van der Waals surface area contributed by atoms with E-state index < -0.39 is 0 Å². The minimum Gasteiger partial charge on any atom is -0.463 e. The Balaban J connectivity index is 1.76. The van der Waals surface area contributed by atoms with Crippen molar-refractivity contribution in [3.8, 4) is 22.6 Å². The molecule has 3 rings (SSSR count). The van der Waals surface area contributed by atoms with Crippen molar-refractivity contribution < 1.29 is 19.1 Å². The zero-order valence-corrected chi connectivity index (χ0v) is 22.5. The highest BCUT2D eigenvalue weighted by molar-refractivity contribution is 9.10. The van der Waals surface area contributed by atoms with Gasteiger partial charge in [-0.25, -0.2) is 4.79 Å². The van der Waals surface area contributed by atoms with E-state index >= 15 is 0 Å². The summed E-state index contributed by atoms with van der Waals surface area (Å²) in [5, 5.41) is 3.56. The first kappa shape index (κ1) is 26.8. The van der Waals surface area contributed by atoms with Gasteiger partial charge in [-0.2, -0.15) is 0 Å². The smallest absolute Gasteiger partial charge is 0.330 e. The van der Waals surface area contributed by atoms with Gasteiger partial charge in [-0.3, -0.25) is 4.79 Å². The minimum absolute atomic E-state index is 0.0795. The second-order valence-electron chi connectivity index (χ2n) is 7.86. The van der Waals surface area contributed by atoms with Gasteiger partial charge in [0.25, 0.3) is 0 Å². The molecule has 0 fully saturated rings. The van der Waals surface area contributed by atoms with Crippen LogP contribution in [0.5, 0.6) is 11.5 Å². The molecule has 0 aliphatic heterocycles. The van der Waals surface area contributed by atoms with Crippen LogP contribution >= 0.6 is 39.1 Å². The Bertz CT molecular complexity index is 1230. The monoisotopic (exact) mass is 575 g/mol. The molecule has 182 valence electrons. The summed E-state index contributed by atoms with van der Waals surface area (Å²) >= 11 is 16.5. The van der Waals surface area contributed by atoms with Gasteiger partial charge in [-0.15, -0.1) is 0 Å². The van der Waals surface area contributed by atoms with Crippen LogP contribution in [-0.4, -0.2) is 18.5 Å². The van der Waals surface area contributed by atoms with Gasteiger partial charge in [0, 0.05) is 16.5 Å². The number of rotatable bonds is 8. The predicted molar refractivity (Wildman–Crippen MR) is 145 cm³/mol. The Morgan fingerprint density at radius 1 is 1.00 bits per heavy atom. The highest BCUT2D eigenvalue weighted by Crippen LogP contribution is 2.41. The van der Waals surface area contributed by atoms with Gasteiger partial charge in [0.05, 0.1) is 22.3 Å². The van der Waals surface area contributed by atoms with Crippen molar-refractivity contribution >= 4 is 62.8 Å². The van der Waals surface area contributed by atoms with Gasteiger partial charge >= 0.3 is 5.97 Å². The third-order valence-electron chi connectivity index (χ3n) is 4.88. The van der Waals surface area contributed by atoms with Crippen molar-refractivity contribution in [2.75, 3.05) is 11.9 Å². The molecule has 0 heterocycles. The van der Waals surface area contributed by atoms with Crippen molar-refractivity contribution in [1.29, 1.82) is 0 Å². The number of hydrogen-bond donors (Lipinski definition) is 1. The molecule has 1 N–H and O–H groups in total. The van der Waals surface area contributed by atoms with Crippen LogP contribution in [0.15, 0.2) is 65.1 Å². The van der Waals surface area contributed by atoms with E-state index in [1.807, 2.05) is 38.1 Å². The fourth-order valence-corrected chi connectivity index (χ4v) is 4.04. The molecule has 0 saturated heterocycles. The van der Waals surface area contributed by atoms with E-state index in [1.54, 1.807) is 43.3 Å². The standard InChI is InChI=1S/C27H24BrCl2NO4/c1-4-34-25(32)12-7-17-5-8-18(9-6-17)19-13-22(29)26(23(30)14-19)35-20-10-11-24(21(28)15-20)31-27(33)16(2)3/h5-16H,4H2,1-3H3,(H,31,33). The largest absolute Gasteiger partial charge is 0.463 e. The number of anilines is 1. The molecule has 5 nitrogen and oxygen atoms in total. The molecule has 1 amide bonds. The van der Waals surface area contributed by atoms with Crippen molar-refractivity contribution in [3.05, 3.63) is 80.8 Å². The van der Waals surface area contributed by atoms with E-state index in [9.17, 15) is 9.59 Å². The normalized spacial score (nSPS) is 11.1. The molecule has 0 aliphatic rings. The summed E-state index contributed by atoms with van der Waals surface area (Å²) < 4.78 is 11.5. The molecular formula is C27H24BrCl2NO4. The molecule has 0 saturated carbocycles. The van der Waals surface area contributed by atoms with E-state index in [-0.39, 0.29) is 17.8 Å². The quantitative estimate of drug-likeness (QED) is 0.216. The number of ether oxygens (including phenoxy) is 2. The number of halogens is 3. The van der Waals surface area contributed by atoms with Crippen LogP contribution in [0.3, 0.4) is 0 Å². The zero-order valence-electron chi connectivity index (χ0n) is 19.4. The van der Waals surface area contributed by atoms with Crippen LogP contribution in [0.25, 0.3) is 17.2 Å². The maximum absolute atomic E-state index is 12.0. The van der Waals surface area contributed by atoms with Gasteiger partial charge in [0.1, 0.15) is 5.75 Å². The van der Waals surface area contributed by atoms with Gasteiger partial charge in [0.2, 0.25) is 5.91 Å². The number of amides is 1. The summed E-state index contributed by atoms with van der Waals surface area (Å²) in [6.07, 6.45) is 3.08. The lowest BCUT2D eigenvalue weighted by atomic mass is 10.0. The first-order valence-corrected chi connectivity index (χ1v) is 12.5. The fourth-order valence-electron chi connectivity index (χ4n) is 3.02. The minimum atomic E-state index is -0.382. The second kappa shape index (κ2) is 12.2. The maximum Gasteiger partial charge on any atom is 0.330 e. The van der Waals surface area contributed by atoms with Crippen LogP contribution in [0.4, 0.5) is 5.69 Å². The molecule has 0 radical (unpaired) electrons. The SMILES string of the molecule is CCOC(=O)C=Cc1ccc(-c2cc(Cl)c(Oc3ccc(NC(=O)C(C)C)c(Br)c3)c(Cl)c2)cc1. The van der Waals surface area contributed by atoms with Gasteiger partial charge in [-0.05, 0) is 76.0 Å².